The number of carbonyl (C=O) groups is 2. The van der Waals surface area contributed by atoms with E-state index in [9.17, 15) is 14.0 Å². The molecule has 3 amide bonds. The molecule has 0 aliphatic heterocycles. The van der Waals surface area contributed by atoms with E-state index in [0.717, 1.165) is 0 Å². The number of hydrogen-bond donors (Lipinski definition) is 2. The van der Waals surface area contributed by atoms with Gasteiger partial charge in [-0.05, 0) is 39.8 Å². The number of carbonyl (C=O) groups excluding carboxylic acids is 2. The Morgan fingerprint density at radius 2 is 1.85 bits per heavy atom. The summed E-state index contributed by atoms with van der Waals surface area (Å²) in [4.78, 5) is 23.3. The van der Waals surface area contributed by atoms with E-state index in [1.54, 1.807) is 26.8 Å². The molecule has 1 rings (SSSR count). The van der Waals surface area contributed by atoms with Gasteiger partial charge in [-0.1, -0.05) is 12.1 Å². The van der Waals surface area contributed by atoms with Crippen LogP contribution >= 0.6 is 0 Å². The number of rotatable bonds is 3. The van der Waals surface area contributed by atoms with Crippen molar-refractivity contribution in [2.24, 2.45) is 0 Å². The van der Waals surface area contributed by atoms with Crippen molar-refractivity contribution in [2.45, 2.75) is 39.3 Å². The van der Waals surface area contributed by atoms with E-state index in [2.05, 4.69) is 10.6 Å². The van der Waals surface area contributed by atoms with Gasteiger partial charge < -0.3 is 10.1 Å². The summed E-state index contributed by atoms with van der Waals surface area (Å²) in [6.07, 6.45) is -0.988. The molecule has 1 atom stereocenters. The van der Waals surface area contributed by atoms with Crippen molar-refractivity contribution in [1.82, 2.24) is 10.6 Å². The van der Waals surface area contributed by atoms with Crippen LogP contribution in [0.4, 0.5) is 9.18 Å². The Morgan fingerprint density at radius 3 is 2.40 bits per heavy atom. The minimum absolute atomic E-state index is 0.0358. The molecule has 1 unspecified atom stereocenters. The first-order chi connectivity index (χ1) is 9.19. The zero-order valence-corrected chi connectivity index (χ0v) is 12.0. The van der Waals surface area contributed by atoms with E-state index in [1.807, 2.05) is 0 Å². The molecule has 0 saturated carbocycles. The van der Waals surface area contributed by atoms with Crippen LogP contribution in [0.3, 0.4) is 0 Å². The van der Waals surface area contributed by atoms with Gasteiger partial charge in [-0.25, -0.2) is 9.18 Å². The maximum atomic E-state index is 13.4. The van der Waals surface area contributed by atoms with Crippen LogP contribution < -0.4 is 15.4 Å². The molecule has 0 saturated heterocycles. The van der Waals surface area contributed by atoms with Gasteiger partial charge in [0.15, 0.2) is 17.7 Å². The van der Waals surface area contributed by atoms with Crippen LogP contribution in [0.2, 0.25) is 0 Å². The standard InChI is InChI=1S/C14H19FN2O3/c1-9(20-11-8-6-5-7-10(11)15)12(18)16-13(19)17-14(2,3)4/h5-9H,1-4H3,(H2,16,17,18,19). The first-order valence-corrected chi connectivity index (χ1v) is 6.23. The lowest BCUT2D eigenvalue weighted by Gasteiger charge is -2.21. The number of urea groups is 1. The van der Waals surface area contributed by atoms with Crippen molar-refractivity contribution < 1.29 is 18.7 Å². The second kappa shape index (κ2) is 6.36. The molecule has 0 bridgehead atoms. The minimum Gasteiger partial charge on any atom is -0.478 e. The van der Waals surface area contributed by atoms with Gasteiger partial charge in [0, 0.05) is 5.54 Å². The van der Waals surface area contributed by atoms with E-state index in [4.69, 9.17) is 4.74 Å². The maximum Gasteiger partial charge on any atom is 0.321 e. The van der Waals surface area contributed by atoms with E-state index < -0.39 is 29.4 Å². The third kappa shape index (κ3) is 5.26. The summed E-state index contributed by atoms with van der Waals surface area (Å²) in [6.45, 7) is 6.80. The quantitative estimate of drug-likeness (QED) is 0.893. The molecule has 0 aliphatic carbocycles. The normalized spacial score (nSPS) is 12.4. The van der Waals surface area contributed by atoms with Gasteiger partial charge in [-0.3, -0.25) is 10.1 Å². The van der Waals surface area contributed by atoms with Crippen LogP contribution in [0.25, 0.3) is 0 Å². The highest BCUT2D eigenvalue weighted by molar-refractivity contribution is 5.96. The number of halogens is 1. The molecule has 5 nitrogen and oxygen atoms in total. The zero-order chi connectivity index (χ0) is 15.3. The molecule has 0 heterocycles. The summed E-state index contributed by atoms with van der Waals surface area (Å²) in [7, 11) is 0. The van der Waals surface area contributed by atoms with Crippen LogP contribution in [0.1, 0.15) is 27.7 Å². The van der Waals surface area contributed by atoms with Crippen molar-refractivity contribution in [3.8, 4) is 5.75 Å². The number of para-hydroxylation sites is 1. The summed E-state index contributed by atoms with van der Waals surface area (Å²) >= 11 is 0. The fourth-order valence-corrected chi connectivity index (χ4v) is 1.37. The van der Waals surface area contributed by atoms with Crippen LogP contribution in [0.5, 0.6) is 5.75 Å². The van der Waals surface area contributed by atoms with Crippen molar-refractivity contribution in [1.29, 1.82) is 0 Å². The second-order valence-electron chi connectivity index (χ2n) is 5.38. The highest BCUT2D eigenvalue weighted by Crippen LogP contribution is 2.16. The largest absolute Gasteiger partial charge is 0.478 e. The SMILES string of the molecule is CC(Oc1ccccc1F)C(=O)NC(=O)NC(C)(C)C. The van der Waals surface area contributed by atoms with E-state index in [1.165, 1.54) is 25.1 Å². The minimum atomic E-state index is -0.988. The molecule has 0 aliphatic rings. The van der Waals surface area contributed by atoms with Gasteiger partial charge in [-0.15, -0.1) is 0 Å². The molecule has 0 aromatic heterocycles. The Kier molecular flexibility index (Phi) is 5.07. The topological polar surface area (TPSA) is 67.4 Å². The first-order valence-electron chi connectivity index (χ1n) is 6.23. The smallest absolute Gasteiger partial charge is 0.321 e. The molecular formula is C14H19FN2O3. The van der Waals surface area contributed by atoms with E-state index in [-0.39, 0.29) is 5.75 Å². The average molecular weight is 282 g/mol. The van der Waals surface area contributed by atoms with Crippen LogP contribution in [0.15, 0.2) is 24.3 Å². The molecule has 6 heteroatoms. The lowest BCUT2D eigenvalue weighted by molar-refractivity contribution is -0.126. The van der Waals surface area contributed by atoms with Crippen LogP contribution in [-0.2, 0) is 4.79 Å². The molecular weight excluding hydrogens is 263 g/mol. The highest BCUT2D eigenvalue weighted by atomic mass is 19.1. The Balaban J connectivity index is 2.56. The number of hydrogen-bond acceptors (Lipinski definition) is 3. The van der Waals surface area contributed by atoms with Gasteiger partial charge >= 0.3 is 6.03 Å². The molecule has 0 radical (unpaired) electrons. The first kappa shape index (κ1) is 15.9. The Hall–Kier alpha value is -2.11. The summed E-state index contributed by atoms with van der Waals surface area (Å²) in [5.41, 5.74) is -0.458. The molecule has 0 fully saturated rings. The van der Waals surface area contributed by atoms with Crippen LogP contribution in [0, 0.1) is 5.82 Å². The average Bonchev–Trinajstić information content (AvgIpc) is 2.29. The summed E-state index contributed by atoms with van der Waals surface area (Å²) in [5, 5.41) is 4.72. The maximum absolute atomic E-state index is 13.4. The third-order valence-corrected chi connectivity index (χ3v) is 2.23. The third-order valence-electron chi connectivity index (χ3n) is 2.23. The number of benzene rings is 1. The molecule has 1 aromatic carbocycles. The number of ether oxygens (including phenoxy) is 1. The lowest BCUT2D eigenvalue weighted by atomic mass is 10.1. The van der Waals surface area contributed by atoms with Gasteiger partial charge in [0.2, 0.25) is 0 Å². The number of amides is 3. The fourth-order valence-electron chi connectivity index (χ4n) is 1.37. The predicted molar refractivity (Wildman–Crippen MR) is 72.9 cm³/mol. The molecule has 110 valence electrons. The fraction of sp³-hybridized carbons (Fsp3) is 0.429. The van der Waals surface area contributed by atoms with Crippen molar-refractivity contribution in [3.05, 3.63) is 30.1 Å². The van der Waals surface area contributed by atoms with E-state index in [0.29, 0.717) is 0 Å². The van der Waals surface area contributed by atoms with Crippen molar-refractivity contribution >= 4 is 11.9 Å². The zero-order valence-electron chi connectivity index (χ0n) is 12.0. The molecule has 0 spiro atoms. The Labute approximate surface area is 117 Å². The monoisotopic (exact) mass is 282 g/mol. The Morgan fingerprint density at radius 1 is 1.25 bits per heavy atom. The van der Waals surface area contributed by atoms with Crippen LogP contribution in [-0.4, -0.2) is 23.6 Å². The summed E-state index contributed by atoms with van der Waals surface area (Å²) in [5.74, 6) is -1.24. The van der Waals surface area contributed by atoms with Gasteiger partial charge in [-0.2, -0.15) is 0 Å². The number of imide groups is 1. The number of nitrogens with one attached hydrogen (secondary N) is 2. The molecule has 1 aromatic rings. The second-order valence-corrected chi connectivity index (χ2v) is 5.38. The summed E-state index contributed by atoms with van der Waals surface area (Å²) < 4.78 is 18.5. The van der Waals surface area contributed by atoms with Gasteiger partial charge in [0.1, 0.15) is 0 Å². The van der Waals surface area contributed by atoms with E-state index >= 15 is 0 Å². The van der Waals surface area contributed by atoms with Crippen molar-refractivity contribution in [3.63, 3.8) is 0 Å². The highest BCUT2D eigenvalue weighted by Gasteiger charge is 2.21. The Bertz CT molecular complexity index is 497. The lowest BCUT2D eigenvalue weighted by Crippen LogP contribution is -2.50. The summed E-state index contributed by atoms with van der Waals surface area (Å²) in [6, 6.07) is 5.13. The molecule has 20 heavy (non-hydrogen) atoms. The predicted octanol–water partition coefficient (Wildman–Crippen LogP) is 2.22. The van der Waals surface area contributed by atoms with Crippen molar-refractivity contribution in [2.75, 3.05) is 0 Å². The van der Waals surface area contributed by atoms with Gasteiger partial charge in [0.25, 0.3) is 5.91 Å². The van der Waals surface area contributed by atoms with Gasteiger partial charge in [0.05, 0.1) is 0 Å². The molecule has 2 N–H and O–H groups in total.